The van der Waals surface area contributed by atoms with Gasteiger partial charge in [0.2, 0.25) is 0 Å². The Kier molecular flexibility index (Phi) is 6.98. The number of benzene rings is 4. The monoisotopic (exact) mass is 515 g/mol. The van der Waals surface area contributed by atoms with Crippen LogP contribution in [0, 0.1) is 0 Å². The normalized spacial score (nSPS) is 14.6. The first-order valence-corrected chi connectivity index (χ1v) is 12.5. The second-order valence-corrected chi connectivity index (χ2v) is 9.66. The van der Waals surface area contributed by atoms with Gasteiger partial charge in [0.25, 0.3) is 11.1 Å². The number of fused-ring (bicyclic) bond motifs is 1. The van der Waals surface area contributed by atoms with Crippen molar-refractivity contribution in [3.8, 4) is 11.5 Å². The molecule has 0 spiro atoms. The van der Waals surface area contributed by atoms with E-state index in [1.54, 1.807) is 25.3 Å². The van der Waals surface area contributed by atoms with Crippen molar-refractivity contribution in [3.63, 3.8) is 0 Å². The van der Waals surface area contributed by atoms with Gasteiger partial charge in [-0.3, -0.25) is 14.5 Å². The number of nitrogens with zero attached hydrogens (tertiary/aromatic N) is 1. The lowest BCUT2D eigenvalue weighted by atomic mass is 10.0. The number of methoxy groups -OCH3 is 1. The second-order valence-electron chi connectivity index (χ2n) is 8.23. The number of carbonyl (C=O) groups is 2. The Hall–Kier alpha value is -3.74. The molecule has 0 unspecified atom stereocenters. The number of ether oxygens (including phenoxy) is 2. The SMILES string of the molecule is COc1cc(/C=C2/SC(=O)N(Cc3cccc4ccccc34)C2=O)ccc1OCc1ccc(Cl)cc1. The molecule has 4 aromatic carbocycles. The van der Waals surface area contributed by atoms with Crippen molar-refractivity contribution in [1.29, 1.82) is 0 Å². The van der Waals surface area contributed by atoms with E-state index >= 15 is 0 Å². The zero-order valence-corrected chi connectivity index (χ0v) is 21.0. The highest BCUT2D eigenvalue weighted by Crippen LogP contribution is 2.36. The molecule has 1 aliphatic rings. The predicted molar refractivity (Wildman–Crippen MR) is 144 cm³/mol. The Bertz CT molecular complexity index is 1480. The molecule has 7 heteroatoms. The maximum absolute atomic E-state index is 13.1. The molecule has 1 saturated heterocycles. The van der Waals surface area contributed by atoms with Crippen molar-refractivity contribution in [1.82, 2.24) is 4.90 Å². The van der Waals surface area contributed by atoms with E-state index in [2.05, 4.69) is 0 Å². The van der Waals surface area contributed by atoms with Gasteiger partial charge in [0.1, 0.15) is 6.61 Å². The van der Waals surface area contributed by atoms with Crippen molar-refractivity contribution in [2.24, 2.45) is 0 Å². The zero-order chi connectivity index (χ0) is 25.1. The maximum atomic E-state index is 13.1. The standard InChI is InChI=1S/C29H22ClNO4S/c1-34-26-15-20(11-14-25(26)35-18-19-9-12-23(30)13-10-19)16-27-28(32)31(29(33)36-27)17-22-7-4-6-21-5-2-3-8-24(21)22/h2-16H,17-18H2,1H3/b27-16+. The van der Waals surface area contributed by atoms with Crippen LogP contribution in [0.1, 0.15) is 16.7 Å². The predicted octanol–water partition coefficient (Wildman–Crippen LogP) is 7.32. The molecule has 1 aliphatic heterocycles. The van der Waals surface area contributed by atoms with Gasteiger partial charge >= 0.3 is 0 Å². The Balaban J connectivity index is 1.33. The van der Waals surface area contributed by atoms with E-state index in [-0.39, 0.29) is 17.7 Å². The highest BCUT2D eigenvalue weighted by atomic mass is 35.5. The highest BCUT2D eigenvalue weighted by Gasteiger charge is 2.35. The van der Waals surface area contributed by atoms with Gasteiger partial charge in [-0.2, -0.15) is 0 Å². The van der Waals surface area contributed by atoms with Crippen LogP contribution in [0.2, 0.25) is 5.02 Å². The third-order valence-electron chi connectivity index (χ3n) is 5.88. The number of rotatable bonds is 7. The minimum absolute atomic E-state index is 0.226. The number of hydrogen-bond donors (Lipinski definition) is 0. The summed E-state index contributed by atoms with van der Waals surface area (Å²) < 4.78 is 11.4. The summed E-state index contributed by atoms with van der Waals surface area (Å²) in [5.74, 6) is 0.807. The van der Waals surface area contributed by atoms with Gasteiger partial charge in [0, 0.05) is 5.02 Å². The van der Waals surface area contributed by atoms with Crippen LogP contribution < -0.4 is 9.47 Å². The molecular weight excluding hydrogens is 494 g/mol. The smallest absolute Gasteiger partial charge is 0.293 e. The molecule has 1 heterocycles. The van der Waals surface area contributed by atoms with Gasteiger partial charge in [-0.1, -0.05) is 72.3 Å². The van der Waals surface area contributed by atoms with Crippen molar-refractivity contribution in [3.05, 3.63) is 112 Å². The summed E-state index contributed by atoms with van der Waals surface area (Å²) in [6.07, 6.45) is 1.71. The molecule has 180 valence electrons. The molecule has 36 heavy (non-hydrogen) atoms. The summed E-state index contributed by atoms with van der Waals surface area (Å²) in [6, 6.07) is 26.7. The van der Waals surface area contributed by atoms with Crippen molar-refractivity contribution < 1.29 is 19.1 Å². The number of hydrogen-bond acceptors (Lipinski definition) is 5. The molecule has 0 radical (unpaired) electrons. The Morgan fingerprint density at radius 1 is 0.917 bits per heavy atom. The summed E-state index contributed by atoms with van der Waals surface area (Å²) in [4.78, 5) is 27.5. The molecule has 0 bridgehead atoms. The first-order valence-electron chi connectivity index (χ1n) is 11.3. The van der Waals surface area contributed by atoms with Gasteiger partial charge in [-0.15, -0.1) is 0 Å². The second kappa shape index (κ2) is 10.5. The first kappa shape index (κ1) is 24.0. The van der Waals surface area contributed by atoms with E-state index in [4.69, 9.17) is 21.1 Å². The Morgan fingerprint density at radius 2 is 1.69 bits per heavy atom. The molecule has 0 saturated carbocycles. The maximum Gasteiger partial charge on any atom is 0.293 e. The summed E-state index contributed by atoms with van der Waals surface area (Å²) in [5.41, 5.74) is 2.65. The third-order valence-corrected chi connectivity index (χ3v) is 7.03. The van der Waals surface area contributed by atoms with Crippen LogP contribution in [0.4, 0.5) is 4.79 Å². The lowest BCUT2D eigenvalue weighted by Crippen LogP contribution is -2.27. The molecule has 0 aromatic heterocycles. The van der Waals surface area contributed by atoms with Gasteiger partial charge < -0.3 is 9.47 Å². The largest absolute Gasteiger partial charge is 0.493 e. The van der Waals surface area contributed by atoms with Crippen molar-refractivity contribution >= 4 is 51.4 Å². The minimum Gasteiger partial charge on any atom is -0.493 e. The van der Waals surface area contributed by atoms with Gasteiger partial charge in [0.05, 0.1) is 18.6 Å². The quantitative estimate of drug-likeness (QED) is 0.241. The minimum atomic E-state index is -0.306. The fourth-order valence-corrected chi connectivity index (χ4v) is 4.99. The van der Waals surface area contributed by atoms with E-state index in [0.717, 1.165) is 39.2 Å². The fraction of sp³-hybridized carbons (Fsp3) is 0.103. The van der Waals surface area contributed by atoms with E-state index in [1.807, 2.05) is 72.8 Å². The Labute approximate surface area is 218 Å². The van der Waals surface area contributed by atoms with Crippen molar-refractivity contribution in [2.45, 2.75) is 13.2 Å². The van der Waals surface area contributed by atoms with Crippen LogP contribution in [-0.4, -0.2) is 23.2 Å². The molecule has 4 aromatic rings. The van der Waals surface area contributed by atoms with Gasteiger partial charge in [0.15, 0.2) is 11.5 Å². The molecule has 0 aliphatic carbocycles. The lowest BCUT2D eigenvalue weighted by Gasteiger charge is -2.14. The summed E-state index contributed by atoms with van der Waals surface area (Å²) >= 11 is 6.88. The third kappa shape index (κ3) is 5.10. The average molecular weight is 516 g/mol. The zero-order valence-electron chi connectivity index (χ0n) is 19.4. The van der Waals surface area contributed by atoms with Gasteiger partial charge in [-0.25, -0.2) is 0 Å². The molecule has 0 atom stereocenters. The summed E-state index contributed by atoms with van der Waals surface area (Å²) in [5, 5.41) is 2.49. The number of imide groups is 1. The van der Waals surface area contributed by atoms with E-state index in [0.29, 0.717) is 28.0 Å². The summed E-state index contributed by atoms with van der Waals surface area (Å²) in [7, 11) is 1.56. The average Bonchev–Trinajstić information content (AvgIpc) is 3.16. The molecular formula is C29H22ClNO4S. The van der Waals surface area contributed by atoms with E-state index in [9.17, 15) is 9.59 Å². The molecule has 0 N–H and O–H groups in total. The Morgan fingerprint density at radius 3 is 2.50 bits per heavy atom. The van der Waals surface area contributed by atoms with Crippen molar-refractivity contribution in [2.75, 3.05) is 7.11 Å². The van der Waals surface area contributed by atoms with Gasteiger partial charge in [-0.05, 0) is 69.6 Å². The van der Waals surface area contributed by atoms with E-state index < -0.39 is 0 Å². The summed E-state index contributed by atoms with van der Waals surface area (Å²) in [6.45, 7) is 0.587. The molecule has 1 fully saturated rings. The number of amides is 2. The lowest BCUT2D eigenvalue weighted by molar-refractivity contribution is -0.123. The van der Waals surface area contributed by atoms with Crippen LogP contribution in [0.25, 0.3) is 16.8 Å². The number of halogens is 1. The number of thioether (sulfide) groups is 1. The fourth-order valence-electron chi connectivity index (χ4n) is 4.02. The van der Waals surface area contributed by atoms with Crippen LogP contribution >= 0.6 is 23.4 Å². The molecule has 2 amide bonds. The van der Waals surface area contributed by atoms with Crippen LogP contribution in [0.3, 0.4) is 0 Å². The van der Waals surface area contributed by atoms with Crippen LogP contribution in [-0.2, 0) is 17.9 Å². The topological polar surface area (TPSA) is 55.8 Å². The molecule has 5 nitrogen and oxygen atoms in total. The van der Waals surface area contributed by atoms with Crippen LogP contribution in [0.15, 0.2) is 89.8 Å². The van der Waals surface area contributed by atoms with Crippen LogP contribution in [0.5, 0.6) is 11.5 Å². The van der Waals surface area contributed by atoms with E-state index in [1.165, 1.54) is 4.90 Å². The highest BCUT2D eigenvalue weighted by molar-refractivity contribution is 8.18. The molecule has 5 rings (SSSR count). The first-order chi connectivity index (χ1) is 17.5. The number of carbonyl (C=O) groups excluding carboxylic acids is 2.